The molecule has 2 rings (SSSR count). The molecule has 1 heterocycles. The van der Waals surface area contributed by atoms with Gasteiger partial charge in [0.05, 0.1) is 5.92 Å². The third-order valence-corrected chi connectivity index (χ3v) is 3.78. The van der Waals surface area contributed by atoms with Crippen molar-refractivity contribution in [1.29, 1.82) is 0 Å². The summed E-state index contributed by atoms with van der Waals surface area (Å²) in [5, 5.41) is 6.44. The Morgan fingerprint density at radius 1 is 1.42 bits per heavy atom. The maximum atomic E-state index is 12.3. The first-order valence-corrected chi connectivity index (χ1v) is 7.35. The van der Waals surface area contributed by atoms with Gasteiger partial charge in [-0.1, -0.05) is 44.4 Å². The number of benzene rings is 1. The summed E-state index contributed by atoms with van der Waals surface area (Å²) in [6.45, 7) is 5.01. The molecule has 1 aliphatic heterocycles. The molecule has 0 radical (unpaired) electrons. The fraction of sp³-hybridized carbons (Fsp3) is 0.562. The molecule has 1 amide bonds. The number of carbonyl (C=O) groups excluding carboxylic acids is 1. The second kappa shape index (κ2) is 6.60. The fourth-order valence-electron chi connectivity index (χ4n) is 2.63. The zero-order chi connectivity index (χ0) is 13.7. The summed E-state index contributed by atoms with van der Waals surface area (Å²) < 4.78 is 0. The van der Waals surface area contributed by atoms with E-state index in [1.807, 2.05) is 24.3 Å². The van der Waals surface area contributed by atoms with E-state index in [0.29, 0.717) is 6.54 Å². The lowest BCUT2D eigenvalue weighted by Gasteiger charge is -2.17. The van der Waals surface area contributed by atoms with Gasteiger partial charge in [0, 0.05) is 18.3 Å². The maximum absolute atomic E-state index is 12.3. The second-order valence-electron chi connectivity index (χ2n) is 5.43. The number of anilines is 1. The van der Waals surface area contributed by atoms with Crippen LogP contribution in [-0.2, 0) is 4.79 Å². The predicted molar refractivity (Wildman–Crippen MR) is 79.4 cm³/mol. The van der Waals surface area contributed by atoms with Crippen molar-refractivity contribution in [3.05, 3.63) is 29.8 Å². The highest BCUT2D eigenvalue weighted by Gasteiger charge is 2.28. The van der Waals surface area contributed by atoms with Gasteiger partial charge in [0.1, 0.15) is 0 Å². The molecule has 0 saturated carbocycles. The van der Waals surface area contributed by atoms with Gasteiger partial charge in [-0.25, -0.2) is 0 Å². The molecule has 1 aliphatic rings. The van der Waals surface area contributed by atoms with E-state index in [9.17, 15) is 4.79 Å². The quantitative estimate of drug-likeness (QED) is 0.771. The van der Waals surface area contributed by atoms with E-state index < -0.39 is 0 Å². The SMILES string of the molecule is CCCCCC(C)NC(=O)C1CNc2ccccc21. The van der Waals surface area contributed by atoms with Crippen molar-refractivity contribution in [3.8, 4) is 0 Å². The minimum absolute atomic E-state index is 0.0372. The van der Waals surface area contributed by atoms with Gasteiger partial charge in [0.25, 0.3) is 0 Å². The summed E-state index contributed by atoms with van der Waals surface area (Å²) in [4.78, 5) is 12.3. The summed E-state index contributed by atoms with van der Waals surface area (Å²) in [5.41, 5.74) is 2.22. The van der Waals surface area contributed by atoms with E-state index in [0.717, 1.165) is 17.7 Å². The van der Waals surface area contributed by atoms with Crippen molar-refractivity contribution in [2.75, 3.05) is 11.9 Å². The zero-order valence-electron chi connectivity index (χ0n) is 11.9. The largest absolute Gasteiger partial charge is 0.384 e. The van der Waals surface area contributed by atoms with E-state index >= 15 is 0 Å². The van der Waals surface area contributed by atoms with Crippen LogP contribution >= 0.6 is 0 Å². The van der Waals surface area contributed by atoms with Gasteiger partial charge in [-0.3, -0.25) is 4.79 Å². The van der Waals surface area contributed by atoms with E-state index in [1.54, 1.807) is 0 Å². The van der Waals surface area contributed by atoms with Gasteiger partial charge in [-0.2, -0.15) is 0 Å². The van der Waals surface area contributed by atoms with Gasteiger partial charge >= 0.3 is 0 Å². The number of para-hydroxylation sites is 1. The molecule has 19 heavy (non-hydrogen) atoms. The fourth-order valence-corrected chi connectivity index (χ4v) is 2.63. The molecule has 3 nitrogen and oxygen atoms in total. The number of nitrogens with one attached hydrogen (secondary N) is 2. The van der Waals surface area contributed by atoms with Crippen LogP contribution in [0.25, 0.3) is 0 Å². The lowest BCUT2D eigenvalue weighted by atomic mass is 10.00. The molecule has 0 fully saturated rings. The van der Waals surface area contributed by atoms with Crippen LogP contribution < -0.4 is 10.6 Å². The van der Waals surface area contributed by atoms with Crippen LogP contribution in [0.1, 0.15) is 51.0 Å². The predicted octanol–water partition coefficient (Wildman–Crippen LogP) is 3.28. The molecule has 0 spiro atoms. The number of fused-ring (bicyclic) bond motifs is 1. The molecule has 0 aromatic heterocycles. The molecule has 2 N–H and O–H groups in total. The molecule has 2 atom stereocenters. The molecule has 1 aromatic carbocycles. The van der Waals surface area contributed by atoms with Crippen LogP contribution in [0.5, 0.6) is 0 Å². The molecular formula is C16H24N2O. The van der Waals surface area contributed by atoms with Gasteiger partial charge in [0.15, 0.2) is 0 Å². The van der Waals surface area contributed by atoms with Gasteiger partial charge < -0.3 is 10.6 Å². The van der Waals surface area contributed by atoms with Crippen LogP contribution in [-0.4, -0.2) is 18.5 Å². The van der Waals surface area contributed by atoms with Crippen molar-refractivity contribution in [2.24, 2.45) is 0 Å². The van der Waals surface area contributed by atoms with Gasteiger partial charge in [-0.15, -0.1) is 0 Å². The average molecular weight is 260 g/mol. The normalized spacial score (nSPS) is 18.5. The standard InChI is InChI=1S/C16H24N2O/c1-3-4-5-8-12(2)18-16(19)14-11-17-15-10-7-6-9-13(14)15/h6-7,9-10,12,14,17H,3-5,8,11H2,1-2H3,(H,18,19). The Morgan fingerprint density at radius 2 is 2.21 bits per heavy atom. The molecule has 0 aliphatic carbocycles. The smallest absolute Gasteiger partial charge is 0.229 e. The summed E-state index contributed by atoms with van der Waals surface area (Å²) in [6.07, 6.45) is 4.73. The highest BCUT2D eigenvalue weighted by molar-refractivity contribution is 5.88. The van der Waals surface area contributed by atoms with Gasteiger partial charge in [0.2, 0.25) is 5.91 Å². The second-order valence-corrected chi connectivity index (χ2v) is 5.43. The van der Waals surface area contributed by atoms with Crippen LogP contribution in [0.3, 0.4) is 0 Å². The van der Waals surface area contributed by atoms with E-state index in [4.69, 9.17) is 0 Å². The van der Waals surface area contributed by atoms with Crippen LogP contribution in [0.4, 0.5) is 5.69 Å². The summed E-state index contributed by atoms with van der Waals surface area (Å²) in [5.74, 6) is 0.117. The maximum Gasteiger partial charge on any atom is 0.229 e. The average Bonchev–Trinajstić information content (AvgIpc) is 2.83. The molecule has 1 aromatic rings. The zero-order valence-corrected chi connectivity index (χ0v) is 11.9. The molecule has 3 heteroatoms. The molecule has 104 valence electrons. The highest BCUT2D eigenvalue weighted by Crippen LogP contribution is 2.31. The van der Waals surface area contributed by atoms with Crippen molar-refractivity contribution in [3.63, 3.8) is 0 Å². The molecule has 0 bridgehead atoms. The van der Waals surface area contributed by atoms with E-state index in [1.165, 1.54) is 19.3 Å². The third-order valence-electron chi connectivity index (χ3n) is 3.78. The Morgan fingerprint density at radius 3 is 3.00 bits per heavy atom. The van der Waals surface area contributed by atoms with Crippen molar-refractivity contribution >= 4 is 11.6 Å². The van der Waals surface area contributed by atoms with Gasteiger partial charge in [-0.05, 0) is 25.0 Å². The first-order chi connectivity index (χ1) is 9.22. The van der Waals surface area contributed by atoms with E-state index in [-0.39, 0.29) is 17.9 Å². The Balaban J connectivity index is 1.88. The minimum Gasteiger partial charge on any atom is -0.384 e. The number of rotatable bonds is 6. The summed E-state index contributed by atoms with van der Waals surface area (Å²) >= 11 is 0. The Labute approximate surface area is 115 Å². The van der Waals surface area contributed by atoms with Crippen LogP contribution in [0.2, 0.25) is 0 Å². The van der Waals surface area contributed by atoms with Crippen LogP contribution in [0, 0.1) is 0 Å². The number of hydrogen-bond acceptors (Lipinski definition) is 2. The number of hydrogen-bond donors (Lipinski definition) is 2. The topological polar surface area (TPSA) is 41.1 Å². The van der Waals surface area contributed by atoms with Crippen LogP contribution in [0.15, 0.2) is 24.3 Å². The lowest BCUT2D eigenvalue weighted by Crippen LogP contribution is -2.36. The van der Waals surface area contributed by atoms with Crippen molar-refractivity contribution < 1.29 is 4.79 Å². The number of unbranched alkanes of at least 4 members (excludes halogenated alkanes) is 2. The molecular weight excluding hydrogens is 236 g/mol. The number of carbonyl (C=O) groups is 1. The highest BCUT2D eigenvalue weighted by atomic mass is 16.2. The minimum atomic E-state index is -0.0372. The Hall–Kier alpha value is -1.51. The Kier molecular flexibility index (Phi) is 4.83. The van der Waals surface area contributed by atoms with E-state index in [2.05, 4.69) is 24.5 Å². The van der Waals surface area contributed by atoms with Crippen molar-refractivity contribution in [2.45, 2.75) is 51.5 Å². The number of amides is 1. The first kappa shape index (κ1) is 13.9. The summed E-state index contributed by atoms with van der Waals surface area (Å²) in [7, 11) is 0. The molecule has 0 saturated heterocycles. The summed E-state index contributed by atoms with van der Waals surface area (Å²) in [6, 6.07) is 8.34. The molecule has 2 unspecified atom stereocenters. The van der Waals surface area contributed by atoms with Crippen molar-refractivity contribution in [1.82, 2.24) is 5.32 Å². The Bertz CT molecular complexity index is 431. The monoisotopic (exact) mass is 260 g/mol. The first-order valence-electron chi connectivity index (χ1n) is 7.35. The third kappa shape index (κ3) is 3.49. The lowest BCUT2D eigenvalue weighted by molar-refractivity contribution is -0.122.